The van der Waals surface area contributed by atoms with Crippen molar-refractivity contribution in [1.29, 1.82) is 0 Å². The van der Waals surface area contributed by atoms with E-state index in [2.05, 4.69) is 19.1 Å². The molecule has 2 fully saturated rings. The normalized spacial score (nSPS) is 27.6. The van der Waals surface area contributed by atoms with Crippen LogP contribution in [0.2, 0.25) is 0 Å². The molecule has 1 saturated heterocycles. The van der Waals surface area contributed by atoms with Gasteiger partial charge in [0, 0.05) is 11.3 Å². The fourth-order valence-corrected chi connectivity index (χ4v) is 6.27. The highest BCUT2D eigenvalue weighted by atomic mass is 16.4. The third-order valence-corrected chi connectivity index (χ3v) is 8.61. The molecule has 5 heteroatoms. The predicted octanol–water partition coefficient (Wildman–Crippen LogP) is 4.39. The van der Waals surface area contributed by atoms with Crippen LogP contribution in [0.5, 0.6) is 0 Å². The number of rotatable bonds is 8. The number of carbonyl (C=O) groups excluding carboxylic acids is 3. The van der Waals surface area contributed by atoms with Crippen molar-refractivity contribution in [3.8, 4) is 0 Å². The molecule has 1 amide bonds. The number of hydrogen-bond donors (Lipinski definition) is 0. The molecule has 0 N–H and O–H groups in total. The lowest BCUT2D eigenvalue weighted by atomic mass is 9.75. The van der Waals surface area contributed by atoms with Gasteiger partial charge in [-0.05, 0) is 62.8 Å². The van der Waals surface area contributed by atoms with Gasteiger partial charge in [-0.2, -0.15) is 0 Å². The average molecular weight is 456 g/mol. The Bertz CT molecular complexity index is 843. The minimum absolute atomic E-state index is 0.111. The Labute approximate surface area is 199 Å². The highest BCUT2D eigenvalue weighted by Gasteiger charge is 2.58. The Hall–Kier alpha value is -2.01. The summed E-state index contributed by atoms with van der Waals surface area (Å²) in [5.41, 5.74) is 0.378. The lowest BCUT2D eigenvalue weighted by molar-refractivity contribution is -0.905. The first-order chi connectivity index (χ1) is 15.6. The molecule has 1 heterocycles. The van der Waals surface area contributed by atoms with E-state index in [1.165, 1.54) is 5.56 Å². The zero-order chi connectivity index (χ0) is 24.2. The molecule has 33 heavy (non-hydrogen) atoms. The third kappa shape index (κ3) is 5.08. The molecule has 0 bridgehead atoms. The number of Topliss-reactive ketones (excluding diaryl/α,β-unsaturated/α-hetero) is 1. The summed E-state index contributed by atoms with van der Waals surface area (Å²) in [7, 11) is 0. The molecule has 1 aromatic carbocycles. The number of carboxylic acids is 1. The van der Waals surface area contributed by atoms with Gasteiger partial charge in [0.2, 0.25) is 0 Å². The van der Waals surface area contributed by atoms with Crippen molar-refractivity contribution >= 4 is 17.7 Å². The number of quaternary nitrogens is 1. The van der Waals surface area contributed by atoms with Gasteiger partial charge in [0.15, 0.2) is 0 Å². The number of ketones is 1. The lowest BCUT2D eigenvalue weighted by Crippen LogP contribution is -2.75. The number of aliphatic carboxylic acids is 1. The SMILES string of the molecule is CCC(C)(C)C(=O)C(=O)[N@@+]1(C2CCCCC2)CCCC(CC(C)c2ccccc2)[C@H]1C(=O)[O-]. The fraction of sp³-hybridized carbons (Fsp3) is 0.679. The number of amides is 1. The molecule has 0 aromatic heterocycles. The highest BCUT2D eigenvalue weighted by Crippen LogP contribution is 2.43. The van der Waals surface area contributed by atoms with Crippen molar-refractivity contribution in [3.05, 3.63) is 35.9 Å². The number of benzene rings is 1. The number of piperidine rings is 1. The van der Waals surface area contributed by atoms with Crippen molar-refractivity contribution in [2.45, 2.75) is 103 Å². The second-order valence-electron chi connectivity index (χ2n) is 11.0. The van der Waals surface area contributed by atoms with Gasteiger partial charge in [-0.15, -0.1) is 0 Å². The summed E-state index contributed by atoms with van der Waals surface area (Å²) in [6.07, 6.45) is 7.40. The van der Waals surface area contributed by atoms with E-state index in [0.717, 1.165) is 44.9 Å². The number of carbonyl (C=O) groups is 3. The lowest BCUT2D eigenvalue weighted by Gasteiger charge is -2.54. The fourth-order valence-electron chi connectivity index (χ4n) is 6.27. The Morgan fingerprint density at radius 3 is 2.24 bits per heavy atom. The van der Waals surface area contributed by atoms with Gasteiger partial charge >= 0.3 is 5.91 Å². The first-order valence-electron chi connectivity index (χ1n) is 12.9. The molecule has 3 rings (SSSR count). The van der Waals surface area contributed by atoms with Gasteiger partial charge < -0.3 is 9.90 Å². The monoisotopic (exact) mass is 455 g/mol. The van der Waals surface area contributed by atoms with E-state index in [1.807, 2.05) is 25.1 Å². The van der Waals surface area contributed by atoms with Crippen LogP contribution >= 0.6 is 0 Å². The first kappa shape index (κ1) is 25.6. The minimum atomic E-state index is -1.17. The van der Waals surface area contributed by atoms with Crippen LogP contribution in [0.3, 0.4) is 0 Å². The standard InChI is InChI=1S/C28H41NO4/c1-5-28(3,4)25(30)26(31)29(23-16-10-7-11-17-23)18-12-15-22(24(29)27(32)33)19-20(2)21-13-8-6-9-14-21/h6,8-9,13-14,20,22-24H,5,7,10-12,15-19H2,1-4H3/t20?,22?,24-,29+/m0/s1. The largest absolute Gasteiger partial charge is 0.544 e. The predicted molar refractivity (Wildman–Crippen MR) is 127 cm³/mol. The summed E-state index contributed by atoms with van der Waals surface area (Å²) >= 11 is 0. The number of nitrogens with zero attached hydrogens (tertiary/aromatic N) is 1. The van der Waals surface area contributed by atoms with Crippen molar-refractivity contribution in [2.75, 3.05) is 6.54 Å². The van der Waals surface area contributed by atoms with Crippen LogP contribution in [-0.4, -0.2) is 40.8 Å². The molecule has 5 nitrogen and oxygen atoms in total. The molecular weight excluding hydrogens is 414 g/mol. The van der Waals surface area contributed by atoms with Crippen molar-refractivity contribution < 1.29 is 24.0 Å². The molecule has 1 saturated carbocycles. The van der Waals surface area contributed by atoms with Crippen LogP contribution < -0.4 is 5.11 Å². The van der Waals surface area contributed by atoms with Crippen molar-refractivity contribution in [2.24, 2.45) is 11.3 Å². The van der Waals surface area contributed by atoms with Gasteiger partial charge in [-0.1, -0.05) is 64.4 Å². The van der Waals surface area contributed by atoms with Crippen LogP contribution in [0.1, 0.15) is 97.0 Å². The van der Waals surface area contributed by atoms with E-state index in [4.69, 9.17) is 0 Å². The maximum atomic E-state index is 14.1. The van der Waals surface area contributed by atoms with Crippen LogP contribution in [0.25, 0.3) is 0 Å². The van der Waals surface area contributed by atoms with Gasteiger partial charge in [0.25, 0.3) is 5.78 Å². The maximum Gasteiger partial charge on any atom is 0.383 e. The van der Waals surface area contributed by atoms with Gasteiger partial charge in [-0.3, -0.25) is 4.79 Å². The summed E-state index contributed by atoms with van der Waals surface area (Å²) in [4.78, 5) is 40.4. The second-order valence-corrected chi connectivity index (χ2v) is 11.0. The third-order valence-electron chi connectivity index (χ3n) is 8.61. The Kier molecular flexibility index (Phi) is 8.15. The maximum absolute atomic E-state index is 14.1. The molecule has 1 aromatic rings. The smallest absolute Gasteiger partial charge is 0.383 e. The quantitative estimate of drug-likeness (QED) is 0.430. The van der Waals surface area contributed by atoms with Crippen LogP contribution in [0.15, 0.2) is 30.3 Å². The Balaban J connectivity index is 2.03. The van der Waals surface area contributed by atoms with Crippen molar-refractivity contribution in [3.63, 3.8) is 0 Å². The van der Waals surface area contributed by atoms with E-state index in [-0.39, 0.29) is 22.4 Å². The summed E-state index contributed by atoms with van der Waals surface area (Å²) in [5.74, 6) is -2.09. The zero-order valence-corrected chi connectivity index (χ0v) is 20.8. The van der Waals surface area contributed by atoms with E-state index in [0.29, 0.717) is 19.4 Å². The molecule has 2 aliphatic rings. The summed E-state index contributed by atoms with van der Waals surface area (Å²) in [5, 5.41) is 12.8. The van der Waals surface area contributed by atoms with Gasteiger partial charge in [-0.25, -0.2) is 9.28 Å². The molecular formula is C28H41NO4. The minimum Gasteiger partial charge on any atom is -0.544 e. The summed E-state index contributed by atoms with van der Waals surface area (Å²) < 4.78 is -0.212. The Morgan fingerprint density at radius 2 is 1.67 bits per heavy atom. The number of carboxylic acid groups (broad SMARTS) is 1. The molecule has 1 aliphatic heterocycles. The highest BCUT2D eigenvalue weighted by molar-refractivity contribution is 6.35. The number of likely N-dealkylation sites (tertiary alicyclic amines) is 1. The van der Waals surface area contributed by atoms with E-state index in [1.54, 1.807) is 13.8 Å². The first-order valence-corrected chi connectivity index (χ1v) is 12.9. The second kappa shape index (κ2) is 10.5. The molecule has 0 radical (unpaired) electrons. The molecule has 182 valence electrons. The van der Waals surface area contributed by atoms with E-state index in [9.17, 15) is 19.5 Å². The van der Waals surface area contributed by atoms with Crippen LogP contribution in [0, 0.1) is 11.3 Å². The number of hydrogen-bond acceptors (Lipinski definition) is 4. The Morgan fingerprint density at radius 1 is 1.03 bits per heavy atom. The zero-order valence-electron chi connectivity index (χ0n) is 20.8. The van der Waals surface area contributed by atoms with Gasteiger partial charge in [0.1, 0.15) is 12.0 Å². The van der Waals surface area contributed by atoms with E-state index < -0.39 is 29.1 Å². The molecule has 0 spiro atoms. The summed E-state index contributed by atoms with van der Waals surface area (Å²) in [6.45, 7) is 8.07. The van der Waals surface area contributed by atoms with Gasteiger partial charge in [0.05, 0.1) is 12.6 Å². The molecule has 1 aliphatic carbocycles. The molecule has 2 unspecified atom stereocenters. The van der Waals surface area contributed by atoms with Crippen LogP contribution in [-0.2, 0) is 14.4 Å². The topological polar surface area (TPSA) is 74.3 Å². The molecule has 4 atom stereocenters. The average Bonchev–Trinajstić information content (AvgIpc) is 2.83. The van der Waals surface area contributed by atoms with Crippen LogP contribution in [0.4, 0.5) is 0 Å². The van der Waals surface area contributed by atoms with Crippen molar-refractivity contribution in [1.82, 2.24) is 0 Å². The summed E-state index contributed by atoms with van der Waals surface area (Å²) in [6, 6.07) is 9.05. The van der Waals surface area contributed by atoms with E-state index >= 15 is 0 Å².